The van der Waals surface area contributed by atoms with E-state index >= 15 is 0 Å². The van der Waals surface area contributed by atoms with E-state index in [1.165, 1.54) is 6.20 Å². The first kappa shape index (κ1) is 15.0. The van der Waals surface area contributed by atoms with Crippen molar-refractivity contribution >= 4 is 17.7 Å². The number of nitrogens with zero attached hydrogens (tertiary/aromatic N) is 4. The zero-order chi connectivity index (χ0) is 13.5. The third kappa shape index (κ3) is 4.66. The Morgan fingerprint density at radius 2 is 2.39 bits per heavy atom. The second kappa shape index (κ2) is 7.38. The van der Waals surface area contributed by atoms with Gasteiger partial charge in [0.15, 0.2) is 5.69 Å². The van der Waals surface area contributed by atoms with E-state index in [0.29, 0.717) is 12.6 Å². The average Bonchev–Trinajstić information content (AvgIpc) is 2.81. The Balaban J connectivity index is 2.36. The van der Waals surface area contributed by atoms with Crippen LogP contribution in [0.2, 0.25) is 0 Å². The lowest BCUT2D eigenvalue weighted by Gasteiger charge is -2.24. The lowest BCUT2D eigenvalue weighted by atomic mass is 10.2. The molecule has 0 aliphatic heterocycles. The summed E-state index contributed by atoms with van der Waals surface area (Å²) in [7, 11) is 2.07. The summed E-state index contributed by atoms with van der Waals surface area (Å²) in [6, 6.07) is 0.514. The highest BCUT2D eigenvalue weighted by Crippen LogP contribution is 2.06. The van der Waals surface area contributed by atoms with Crippen LogP contribution < -0.4 is 0 Å². The Bertz CT molecular complexity index is 383. The number of carboxylic acid groups (broad SMARTS) is 1. The lowest BCUT2D eigenvalue weighted by Crippen LogP contribution is -2.32. The van der Waals surface area contributed by atoms with Crippen molar-refractivity contribution in [3.63, 3.8) is 0 Å². The number of likely N-dealkylation sites (N-methyl/N-ethyl adjacent to an activating group) is 1. The molecule has 102 valence electrons. The summed E-state index contributed by atoms with van der Waals surface area (Å²) in [4.78, 5) is 12.9. The van der Waals surface area contributed by atoms with Gasteiger partial charge in [0.25, 0.3) is 0 Å². The van der Waals surface area contributed by atoms with Gasteiger partial charge in [0.05, 0.1) is 12.7 Å². The maximum atomic E-state index is 10.7. The van der Waals surface area contributed by atoms with E-state index in [2.05, 4.69) is 35.4 Å². The van der Waals surface area contributed by atoms with Gasteiger partial charge in [-0.3, -0.25) is 4.68 Å². The summed E-state index contributed by atoms with van der Waals surface area (Å²) < 4.78 is 1.57. The fourth-order valence-corrected chi connectivity index (χ4v) is 2.07. The van der Waals surface area contributed by atoms with Crippen molar-refractivity contribution in [1.29, 1.82) is 0 Å². The first-order valence-electron chi connectivity index (χ1n) is 5.87. The van der Waals surface area contributed by atoms with Crippen molar-refractivity contribution in [2.24, 2.45) is 0 Å². The third-order valence-electron chi connectivity index (χ3n) is 2.93. The minimum absolute atomic E-state index is 0.00640. The molecule has 1 aromatic rings. The van der Waals surface area contributed by atoms with Crippen LogP contribution in [0.25, 0.3) is 0 Å². The van der Waals surface area contributed by atoms with Crippen LogP contribution in [0, 0.1) is 0 Å². The Morgan fingerprint density at radius 3 is 2.94 bits per heavy atom. The fourth-order valence-electron chi connectivity index (χ4n) is 1.50. The normalized spacial score (nSPS) is 12.9. The molecule has 0 aliphatic rings. The number of hydrogen-bond acceptors (Lipinski definition) is 5. The van der Waals surface area contributed by atoms with Gasteiger partial charge in [-0.25, -0.2) is 4.79 Å². The quantitative estimate of drug-likeness (QED) is 0.762. The van der Waals surface area contributed by atoms with Gasteiger partial charge in [-0.1, -0.05) is 5.21 Å². The Labute approximate surface area is 111 Å². The summed E-state index contributed by atoms with van der Waals surface area (Å²) in [6.45, 7) is 3.68. The second-order valence-corrected chi connectivity index (χ2v) is 5.27. The van der Waals surface area contributed by atoms with Crippen LogP contribution in [0.4, 0.5) is 0 Å². The van der Waals surface area contributed by atoms with Gasteiger partial charge < -0.3 is 10.0 Å². The Kier molecular flexibility index (Phi) is 6.14. The molecule has 18 heavy (non-hydrogen) atoms. The molecule has 0 aliphatic carbocycles. The molecule has 0 aromatic carbocycles. The topological polar surface area (TPSA) is 71.2 Å². The second-order valence-electron chi connectivity index (χ2n) is 4.28. The summed E-state index contributed by atoms with van der Waals surface area (Å²) in [5.41, 5.74) is -0.00640. The number of thioether (sulfide) groups is 1. The van der Waals surface area contributed by atoms with E-state index in [9.17, 15) is 4.79 Å². The van der Waals surface area contributed by atoms with E-state index in [1.807, 2.05) is 11.8 Å². The zero-order valence-electron chi connectivity index (χ0n) is 11.0. The maximum absolute atomic E-state index is 10.7. The molecule has 7 heteroatoms. The van der Waals surface area contributed by atoms with Gasteiger partial charge >= 0.3 is 5.97 Å². The minimum Gasteiger partial charge on any atom is -0.476 e. The SMILES string of the molecule is CSCCC(C)N(C)CCn1cc(C(=O)O)nn1. The van der Waals surface area contributed by atoms with Crippen LogP contribution in [0.15, 0.2) is 6.20 Å². The minimum atomic E-state index is -1.04. The molecule has 6 nitrogen and oxygen atoms in total. The largest absolute Gasteiger partial charge is 0.476 e. The molecular formula is C11H20N4O2S. The van der Waals surface area contributed by atoms with Crippen molar-refractivity contribution in [1.82, 2.24) is 19.9 Å². The van der Waals surface area contributed by atoms with E-state index in [1.54, 1.807) is 4.68 Å². The highest BCUT2D eigenvalue weighted by molar-refractivity contribution is 7.98. The number of aromatic carboxylic acids is 1. The van der Waals surface area contributed by atoms with Crippen LogP contribution in [-0.4, -0.2) is 62.6 Å². The van der Waals surface area contributed by atoms with Crippen LogP contribution in [0.3, 0.4) is 0 Å². The standard InChI is InChI=1S/C11H20N4O2S/c1-9(4-7-18-3)14(2)5-6-15-8-10(11(16)17)12-13-15/h8-9H,4-7H2,1-3H3,(H,16,17). The van der Waals surface area contributed by atoms with Gasteiger partial charge in [0, 0.05) is 12.6 Å². The molecule has 0 fully saturated rings. The first-order valence-corrected chi connectivity index (χ1v) is 7.26. The monoisotopic (exact) mass is 272 g/mol. The number of carbonyl (C=O) groups is 1. The van der Waals surface area contributed by atoms with Crippen LogP contribution in [0.1, 0.15) is 23.8 Å². The van der Waals surface area contributed by atoms with Crippen LogP contribution in [0.5, 0.6) is 0 Å². The highest BCUT2D eigenvalue weighted by atomic mass is 32.2. The lowest BCUT2D eigenvalue weighted by molar-refractivity contribution is 0.0690. The predicted octanol–water partition coefficient (Wildman–Crippen LogP) is 1.05. The van der Waals surface area contributed by atoms with E-state index in [0.717, 1.165) is 18.7 Å². The molecular weight excluding hydrogens is 252 g/mol. The van der Waals surface area contributed by atoms with Crippen molar-refractivity contribution in [2.45, 2.75) is 25.9 Å². The molecule has 0 radical (unpaired) electrons. The Hall–Kier alpha value is -1.08. The van der Waals surface area contributed by atoms with E-state index in [4.69, 9.17) is 5.11 Å². The van der Waals surface area contributed by atoms with Gasteiger partial charge in [-0.05, 0) is 32.4 Å². The number of rotatable bonds is 8. The molecule has 0 spiro atoms. The van der Waals surface area contributed by atoms with Gasteiger partial charge in [0.1, 0.15) is 0 Å². The molecule has 0 saturated heterocycles. The predicted molar refractivity (Wildman–Crippen MR) is 72.1 cm³/mol. The number of carboxylic acids is 1. The van der Waals surface area contributed by atoms with Gasteiger partial charge in [-0.2, -0.15) is 11.8 Å². The smallest absolute Gasteiger partial charge is 0.358 e. The Morgan fingerprint density at radius 1 is 1.67 bits per heavy atom. The molecule has 0 saturated carbocycles. The van der Waals surface area contributed by atoms with E-state index < -0.39 is 5.97 Å². The molecule has 1 heterocycles. The van der Waals surface area contributed by atoms with Gasteiger partial charge in [-0.15, -0.1) is 5.10 Å². The van der Waals surface area contributed by atoms with Crippen LogP contribution >= 0.6 is 11.8 Å². The van der Waals surface area contributed by atoms with Crippen LogP contribution in [-0.2, 0) is 6.54 Å². The number of hydrogen-bond donors (Lipinski definition) is 1. The summed E-state index contributed by atoms with van der Waals surface area (Å²) in [6.07, 6.45) is 4.72. The third-order valence-corrected chi connectivity index (χ3v) is 3.58. The average molecular weight is 272 g/mol. The molecule has 1 N–H and O–H groups in total. The molecule has 1 atom stereocenters. The molecule has 1 rings (SSSR count). The van der Waals surface area contributed by atoms with Crippen molar-refractivity contribution < 1.29 is 9.90 Å². The summed E-state index contributed by atoms with van der Waals surface area (Å²) in [5, 5.41) is 16.1. The molecule has 0 bridgehead atoms. The molecule has 1 unspecified atom stereocenters. The van der Waals surface area contributed by atoms with Crippen molar-refractivity contribution in [2.75, 3.05) is 25.6 Å². The van der Waals surface area contributed by atoms with E-state index in [-0.39, 0.29) is 5.69 Å². The molecule has 1 aromatic heterocycles. The fraction of sp³-hybridized carbons (Fsp3) is 0.727. The summed E-state index contributed by atoms with van der Waals surface area (Å²) in [5.74, 6) is 0.112. The highest BCUT2D eigenvalue weighted by Gasteiger charge is 2.11. The summed E-state index contributed by atoms with van der Waals surface area (Å²) >= 11 is 1.85. The van der Waals surface area contributed by atoms with Gasteiger partial charge in [0.2, 0.25) is 0 Å². The zero-order valence-corrected chi connectivity index (χ0v) is 11.9. The van der Waals surface area contributed by atoms with Crippen molar-refractivity contribution in [3.05, 3.63) is 11.9 Å². The first-order chi connectivity index (χ1) is 8.54. The maximum Gasteiger partial charge on any atom is 0.358 e. The van der Waals surface area contributed by atoms with Crippen molar-refractivity contribution in [3.8, 4) is 0 Å². The molecule has 0 amide bonds. The number of aromatic nitrogens is 3.